The lowest BCUT2D eigenvalue weighted by Crippen LogP contribution is -2.30. The van der Waals surface area contributed by atoms with Crippen LogP contribution in [0.1, 0.15) is 17.1 Å². The minimum Gasteiger partial charge on any atom is -0.395 e. The molecule has 0 bridgehead atoms. The summed E-state index contributed by atoms with van der Waals surface area (Å²) < 4.78 is 0. The number of carbonyl (C=O) groups excluding carboxylic acids is 1. The number of aliphatic hydroxyl groups is 1. The number of aliphatic hydroxyl groups excluding tert-OH is 1. The molecule has 0 radical (unpaired) electrons. The molecular formula is C11H19N3O2S. The molecule has 1 heterocycles. The van der Waals surface area contributed by atoms with Crippen molar-refractivity contribution in [2.24, 2.45) is 5.73 Å². The summed E-state index contributed by atoms with van der Waals surface area (Å²) in [6, 6.07) is 0. The Labute approximate surface area is 105 Å². The summed E-state index contributed by atoms with van der Waals surface area (Å²) in [6.45, 7) is 1.01. The molecule has 3 N–H and O–H groups in total. The Hall–Kier alpha value is -0.980. The number of carbonyl (C=O) groups is 1. The van der Waals surface area contributed by atoms with Crippen LogP contribution < -0.4 is 5.73 Å². The summed E-state index contributed by atoms with van der Waals surface area (Å²) in [7, 11) is 1.68. The fourth-order valence-corrected chi connectivity index (χ4v) is 2.20. The lowest BCUT2D eigenvalue weighted by Gasteiger charge is -2.14. The third-order valence-corrected chi connectivity index (χ3v) is 3.34. The summed E-state index contributed by atoms with van der Waals surface area (Å²) in [4.78, 5) is 17.6. The quantitative estimate of drug-likeness (QED) is 0.722. The summed E-state index contributed by atoms with van der Waals surface area (Å²) in [5.41, 5.74) is 6.23. The molecule has 0 aromatic carbocycles. The third-order valence-electron chi connectivity index (χ3n) is 2.39. The Morgan fingerprint density at radius 1 is 1.65 bits per heavy atom. The van der Waals surface area contributed by atoms with Crippen LogP contribution in [-0.2, 0) is 17.6 Å². The highest BCUT2D eigenvalue weighted by atomic mass is 32.1. The molecular weight excluding hydrogens is 238 g/mol. The number of hydrogen-bond acceptors (Lipinski definition) is 5. The van der Waals surface area contributed by atoms with Gasteiger partial charge < -0.3 is 15.7 Å². The number of aryl methyl sites for hydroxylation is 1. The smallest absolute Gasteiger partial charge is 0.228 e. The van der Waals surface area contributed by atoms with Gasteiger partial charge in [0.25, 0.3) is 0 Å². The molecule has 0 saturated carbocycles. The molecule has 0 fully saturated rings. The molecule has 0 aliphatic rings. The van der Waals surface area contributed by atoms with Gasteiger partial charge in [-0.25, -0.2) is 4.98 Å². The van der Waals surface area contributed by atoms with Gasteiger partial charge in [-0.1, -0.05) is 0 Å². The summed E-state index contributed by atoms with van der Waals surface area (Å²) >= 11 is 1.57. The molecule has 6 heteroatoms. The Kier molecular flexibility index (Phi) is 6.10. The third kappa shape index (κ3) is 4.80. The molecule has 0 spiro atoms. The van der Waals surface area contributed by atoms with E-state index in [1.807, 2.05) is 5.38 Å². The summed E-state index contributed by atoms with van der Waals surface area (Å²) in [5.74, 6) is -0.0188. The fraction of sp³-hybridized carbons (Fsp3) is 0.636. The Morgan fingerprint density at radius 3 is 3.06 bits per heavy atom. The highest BCUT2D eigenvalue weighted by molar-refractivity contribution is 7.09. The van der Waals surface area contributed by atoms with Crippen LogP contribution in [0.3, 0.4) is 0 Å². The van der Waals surface area contributed by atoms with Gasteiger partial charge in [-0.3, -0.25) is 4.79 Å². The van der Waals surface area contributed by atoms with Gasteiger partial charge in [0.15, 0.2) is 0 Å². The van der Waals surface area contributed by atoms with Crippen molar-refractivity contribution in [3.8, 4) is 0 Å². The van der Waals surface area contributed by atoms with Crippen LogP contribution in [0, 0.1) is 0 Å². The van der Waals surface area contributed by atoms with Gasteiger partial charge in [-0.05, 0) is 13.0 Å². The first-order valence-corrected chi connectivity index (χ1v) is 6.53. The molecule has 5 nitrogen and oxygen atoms in total. The number of likely N-dealkylation sites (N-methyl/N-ethyl adjacent to an activating group) is 1. The number of aromatic nitrogens is 1. The first-order chi connectivity index (χ1) is 8.17. The van der Waals surface area contributed by atoms with E-state index < -0.39 is 0 Å². The zero-order valence-corrected chi connectivity index (χ0v) is 10.9. The van der Waals surface area contributed by atoms with E-state index in [-0.39, 0.29) is 12.5 Å². The van der Waals surface area contributed by atoms with Crippen molar-refractivity contribution in [3.05, 3.63) is 16.1 Å². The first-order valence-electron chi connectivity index (χ1n) is 5.65. The lowest BCUT2D eigenvalue weighted by molar-refractivity contribution is -0.129. The van der Waals surface area contributed by atoms with E-state index in [9.17, 15) is 4.79 Å². The standard InChI is InChI=1S/C11H19N3O2S/c1-14(5-6-15)11(16)7-9-8-17-10(13-9)3-2-4-12/h8,15H,2-7,12H2,1H3. The maximum Gasteiger partial charge on any atom is 0.228 e. The molecule has 1 aromatic rings. The SMILES string of the molecule is CN(CCO)C(=O)Cc1csc(CCCN)n1. The molecule has 1 aromatic heterocycles. The van der Waals surface area contributed by atoms with Crippen molar-refractivity contribution in [2.45, 2.75) is 19.3 Å². The van der Waals surface area contributed by atoms with Gasteiger partial charge in [0.2, 0.25) is 5.91 Å². The molecule has 0 atom stereocenters. The van der Waals surface area contributed by atoms with Crippen LogP contribution in [0.25, 0.3) is 0 Å². The average Bonchev–Trinajstić information content (AvgIpc) is 2.74. The zero-order valence-electron chi connectivity index (χ0n) is 10.1. The Bertz CT molecular complexity index is 354. The topological polar surface area (TPSA) is 79.5 Å². The minimum atomic E-state index is -0.0188. The van der Waals surface area contributed by atoms with Crippen molar-refractivity contribution in [2.75, 3.05) is 26.7 Å². The maximum atomic E-state index is 11.7. The van der Waals surface area contributed by atoms with Crippen LogP contribution >= 0.6 is 11.3 Å². The number of nitrogens with two attached hydrogens (primary N) is 1. The van der Waals surface area contributed by atoms with Crippen molar-refractivity contribution in [1.82, 2.24) is 9.88 Å². The van der Waals surface area contributed by atoms with Crippen molar-refractivity contribution < 1.29 is 9.90 Å². The van der Waals surface area contributed by atoms with E-state index in [1.54, 1.807) is 18.4 Å². The van der Waals surface area contributed by atoms with Crippen LogP contribution in [0.15, 0.2) is 5.38 Å². The molecule has 0 saturated heterocycles. The summed E-state index contributed by atoms with van der Waals surface area (Å²) in [5, 5.41) is 11.7. The fourth-order valence-electron chi connectivity index (χ4n) is 1.36. The zero-order chi connectivity index (χ0) is 12.7. The first kappa shape index (κ1) is 14.1. The van der Waals surface area contributed by atoms with Gasteiger partial charge in [-0.2, -0.15) is 0 Å². The highest BCUT2D eigenvalue weighted by Crippen LogP contribution is 2.12. The minimum absolute atomic E-state index is 0.0128. The Balaban J connectivity index is 2.45. The number of nitrogens with zero attached hydrogens (tertiary/aromatic N) is 2. The molecule has 0 aliphatic heterocycles. The van der Waals surface area contributed by atoms with Crippen LogP contribution in [0.4, 0.5) is 0 Å². The second-order valence-corrected chi connectivity index (χ2v) is 4.78. The van der Waals surface area contributed by atoms with E-state index in [0.29, 0.717) is 19.5 Å². The normalized spacial score (nSPS) is 10.5. The van der Waals surface area contributed by atoms with Crippen molar-refractivity contribution in [3.63, 3.8) is 0 Å². The van der Waals surface area contributed by atoms with E-state index in [0.717, 1.165) is 23.5 Å². The van der Waals surface area contributed by atoms with E-state index in [1.165, 1.54) is 4.90 Å². The van der Waals surface area contributed by atoms with Crippen LogP contribution in [-0.4, -0.2) is 47.6 Å². The van der Waals surface area contributed by atoms with Crippen LogP contribution in [0.2, 0.25) is 0 Å². The van der Waals surface area contributed by atoms with E-state index in [2.05, 4.69) is 4.98 Å². The summed E-state index contributed by atoms with van der Waals surface area (Å²) in [6.07, 6.45) is 2.10. The van der Waals surface area contributed by atoms with Crippen LogP contribution in [0.5, 0.6) is 0 Å². The van der Waals surface area contributed by atoms with Crippen molar-refractivity contribution in [1.29, 1.82) is 0 Å². The highest BCUT2D eigenvalue weighted by Gasteiger charge is 2.11. The van der Waals surface area contributed by atoms with Gasteiger partial charge in [0.1, 0.15) is 0 Å². The van der Waals surface area contributed by atoms with Crippen molar-refractivity contribution >= 4 is 17.2 Å². The molecule has 1 rings (SSSR count). The number of amides is 1. The monoisotopic (exact) mass is 257 g/mol. The predicted octanol–water partition coefficient (Wildman–Crippen LogP) is 0.0276. The lowest BCUT2D eigenvalue weighted by atomic mass is 10.3. The van der Waals surface area contributed by atoms with E-state index >= 15 is 0 Å². The Morgan fingerprint density at radius 2 is 2.41 bits per heavy atom. The van der Waals surface area contributed by atoms with E-state index in [4.69, 9.17) is 10.8 Å². The maximum absolute atomic E-state index is 11.7. The second kappa shape index (κ2) is 7.37. The molecule has 0 aliphatic carbocycles. The van der Waals surface area contributed by atoms with Gasteiger partial charge in [0, 0.05) is 25.4 Å². The molecule has 1 amide bonds. The largest absolute Gasteiger partial charge is 0.395 e. The molecule has 0 unspecified atom stereocenters. The van der Waals surface area contributed by atoms with Gasteiger partial charge >= 0.3 is 0 Å². The average molecular weight is 257 g/mol. The predicted molar refractivity (Wildman–Crippen MR) is 67.9 cm³/mol. The number of hydrogen-bond donors (Lipinski definition) is 2. The number of thiazole rings is 1. The number of rotatable bonds is 7. The second-order valence-electron chi connectivity index (χ2n) is 3.84. The van der Waals surface area contributed by atoms with Gasteiger partial charge in [-0.15, -0.1) is 11.3 Å². The molecule has 96 valence electrons. The molecule has 17 heavy (non-hydrogen) atoms. The van der Waals surface area contributed by atoms with Gasteiger partial charge in [0.05, 0.1) is 23.7 Å².